The average Bonchev–Trinajstić information content (AvgIpc) is 3.10. The lowest BCUT2D eigenvalue weighted by Crippen LogP contribution is -2.21. The summed E-state index contributed by atoms with van der Waals surface area (Å²) in [6.07, 6.45) is 0. The van der Waals surface area contributed by atoms with Crippen molar-refractivity contribution in [2.24, 2.45) is 0 Å². The summed E-state index contributed by atoms with van der Waals surface area (Å²) >= 11 is 8.03. The molecule has 2 heterocycles. The van der Waals surface area contributed by atoms with Crippen molar-refractivity contribution in [3.63, 3.8) is 0 Å². The van der Waals surface area contributed by atoms with Crippen LogP contribution in [0, 0.1) is 15.3 Å². The summed E-state index contributed by atoms with van der Waals surface area (Å²) in [5, 5.41) is 9.51. The maximum absolute atomic E-state index is 13.4. The Kier molecular flexibility index (Phi) is 5.99. The van der Waals surface area contributed by atoms with E-state index in [1.165, 1.54) is 27.7 Å². The molecule has 0 spiro atoms. The molecule has 0 aliphatic rings. The van der Waals surface area contributed by atoms with E-state index in [0.29, 0.717) is 31.8 Å². The van der Waals surface area contributed by atoms with Crippen molar-refractivity contribution < 1.29 is 4.74 Å². The predicted octanol–water partition coefficient (Wildman–Crippen LogP) is 4.98. The fraction of sp³-hybridized carbons (Fsp3) is 0.143. The van der Waals surface area contributed by atoms with Gasteiger partial charge in [-0.05, 0) is 55.5 Å². The number of thiazole rings is 1. The minimum absolute atomic E-state index is 0.179. The lowest BCUT2D eigenvalue weighted by Gasteiger charge is -2.12. The SMILES string of the molecule is CCOc1ccc(-n2c(=S)sc3c(=O)n(-c4ccccc4)c(SCC#N)nc32)cc1. The molecule has 6 nitrogen and oxygen atoms in total. The lowest BCUT2D eigenvalue weighted by molar-refractivity contribution is 0.340. The van der Waals surface area contributed by atoms with E-state index < -0.39 is 0 Å². The van der Waals surface area contributed by atoms with Gasteiger partial charge in [0.15, 0.2) is 14.8 Å². The molecule has 2 aromatic heterocycles. The highest BCUT2D eigenvalue weighted by molar-refractivity contribution is 7.99. The Morgan fingerprint density at radius 3 is 2.50 bits per heavy atom. The van der Waals surface area contributed by atoms with E-state index in [4.69, 9.17) is 27.2 Å². The zero-order chi connectivity index (χ0) is 21.1. The van der Waals surface area contributed by atoms with Crippen molar-refractivity contribution >= 4 is 45.7 Å². The fourth-order valence-electron chi connectivity index (χ4n) is 3.02. The predicted molar refractivity (Wildman–Crippen MR) is 123 cm³/mol. The second-order valence-electron chi connectivity index (χ2n) is 6.10. The van der Waals surface area contributed by atoms with Gasteiger partial charge in [-0.2, -0.15) is 5.26 Å². The molecule has 0 saturated heterocycles. The number of para-hydroxylation sites is 1. The van der Waals surface area contributed by atoms with Crippen LogP contribution in [-0.2, 0) is 0 Å². The minimum atomic E-state index is -0.201. The number of benzene rings is 2. The summed E-state index contributed by atoms with van der Waals surface area (Å²) in [6.45, 7) is 2.51. The van der Waals surface area contributed by atoms with E-state index in [2.05, 4.69) is 6.07 Å². The van der Waals surface area contributed by atoms with Crippen molar-refractivity contribution in [3.8, 4) is 23.2 Å². The molecule has 0 amide bonds. The quantitative estimate of drug-likeness (QED) is 0.233. The van der Waals surface area contributed by atoms with Gasteiger partial charge in [0.25, 0.3) is 5.56 Å². The van der Waals surface area contributed by atoms with E-state index in [1.807, 2.05) is 61.5 Å². The van der Waals surface area contributed by atoms with Gasteiger partial charge in [0.05, 0.1) is 24.1 Å². The summed E-state index contributed by atoms with van der Waals surface area (Å²) in [7, 11) is 0. The molecule has 30 heavy (non-hydrogen) atoms. The molecule has 9 heteroatoms. The number of ether oxygens (including phenoxy) is 1. The first kappa shape index (κ1) is 20.3. The van der Waals surface area contributed by atoms with Gasteiger partial charge in [-0.15, -0.1) is 0 Å². The normalized spacial score (nSPS) is 10.8. The molecule has 0 bridgehead atoms. The van der Waals surface area contributed by atoms with E-state index in [1.54, 1.807) is 4.57 Å². The van der Waals surface area contributed by atoms with Crippen LogP contribution in [0.25, 0.3) is 21.7 Å². The zero-order valence-corrected chi connectivity index (χ0v) is 18.4. The largest absolute Gasteiger partial charge is 0.494 e. The Bertz CT molecular complexity index is 1350. The molecule has 0 saturated carbocycles. The molecule has 2 aromatic carbocycles. The van der Waals surface area contributed by atoms with Gasteiger partial charge in [-0.1, -0.05) is 41.3 Å². The molecule has 0 N–H and O–H groups in total. The number of nitrogens with zero attached hydrogens (tertiary/aromatic N) is 4. The van der Waals surface area contributed by atoms with Crippen LogP contribution in [0.2, 0.25) is 0 Å². The number of thioether (sulfide) groups is 1. The number of hydrogen-bond acceptors (Lipinski definition) is 7. The topological polar surface area (TPSA) is 72.8 Å². The monoisotopic (exact) mass is 452 g/mol. The van der Waals surface area contributed by atoms with Crippen LogP contribution in [0.3, 0.4) is 0 Å². The minimum Gasteiger partial charge on any atom is -0.494 e. The standard InChI is InChI=1S/C21H16N4O2S3/c1-2-27-16-10-8-15(9-11-16)24-18-17(30-21(24)28)19(26)25(14-6-4-3-5-7-14)20(23-18)29-13-12-22/h3-11H,2,13H2,1H3. The van der Waals surface area contributed by atoms with E-state index >= 15 is 0 Å². The van der Waals surface area contributed by atoms with Crippen molar-refractivity contribution in [2.75, 3.05) is 12.4 Å². The first-order valence-corrected chi connectivity index (χ1v) is 11.3. The van der Waals surface area contributed by atoms with Crippen LogP contribution >= 0.6 is 35.3 Å². The van der Waals surface area contributed by atoms with Gasteiger partial charge in [0, 0.05) is 5.69 Å². The Hall–Kier alpha value is -2.93. The first-order valence-electron chi connectivity index (χ1n) is 9.11. The van der Waals surface area contributed by atoms with Gasteiger partial charge in [-0.3, -0.25) is 13.9 Å². The van der Waals surface area contributed by atoms with E-state index in [-0.39, 0.29) is 11.3 Å². The van der Waals surface area contributed by atoms with Gasteiger partial charge in [-0.25, -0.2) is 4.98 Å². The molecular weight excluding hydrogens is 436 g/mol. The molecule has 4 rings (SSSR count). The maximum Gasteiger partial charge on any atom is 0.278 e. The second kappa shape index (κ2) is 8.83. The number of rotatable bonds is 6. The van der Waals surface area contributed by atoms with Gasteiger partial charge >= 0.3 is 0 Å². The molecule has 0 atom stereocenters. The van der Waals surface area contributed by atoms with Gasteiger partial charge in [0.2, 0.25) is 0 Å². The van der Waals surface area contributed by atoms with E-state index in [0.717, 1.165) is 11.4 Å². The van der Waals surface area contributed by atoms with Crippen LogP contribution in [-0.4, -0.2) is 26.5 Å². The maximum atomic E-state index is 13.4. The third-order valence-corrected chi connectivity index (χ3v) is 6.42. The highest BCUT2D eigenvalue weighted by atomic mass is 32.2. The molecular formula is C21H16N4O2S3. The first-order chi connectivity index (χ1) is 14.6. The Labute approximate surface area is 186 Å². The zero-order valence-electron chi connectivity index (χ0n) is 15.9. The fourth-order valence-corrected chi connectivity index (χ4v) is 4.99. The molecule has 0 fully saturated rings. The van der Waals surface area contributed by atoms with Crippen LogP contribution < -0.4 is 10.3 Å². The Balaban J connectivity index is 1.96. The third-order valence-electron chi connectivity index (χ3n) is 4.26. The smallest absolute Gasteiger partial charge is 0.278 e. The van der Waals surface area contributed by atoms with Crippen molar-refractivity contribution in [2.45, 2.75) is 12.1 Å². The number of fused-ring (bicyclic) bond motifs is 1. The average molecular weight is 453 g/mol. The van der Waals surface area contributed by atoms with Crippen LogP contribution in [0.4, 0.5) is 0 Å². The molecule has 0 aliphatic heterocycles. The molecule has 150 valence electrons. The highest BCUT2D eigenvalue weighted by Crippen LogP contribution is 2.28. The number of aromatic nitrogens is 3. The van der Waals surface area contributed by atoms with Crippen molar-refractivity contribution in [3.05, 3.63) is 68.9 Å². The Morgan fingerprint density at radius 1 is 1.13 bits per heavy atom. The number of nitriles is 1. The molecule has 0 radical (unpaired) electrons. The summed E-state index contributed by atoms with van der Waals surface area (Å²) in [6, 6.07) is 18.9. The highest BCUT2D eigenvalue weighted by Gasteiger charge is 2.19. The third kappa shape index (κ3) is 3.77. The van der Waals surface area contributed by atoms with Crippen LogP contribution in [0.1, 0.15) is 6.92 Å². The Morgan fingerprint density at radius 2 is 1.83 bits per heavy atom. The summed E-state index contributed by atoms with van der Waals surface area (Å²) in [5.74, 6) is 0.940. The summed E-state index contributed by atoms with van der Waals surface area (Å²) in [4.78, 5) is 18.2. The van der Waals surface area contributed by atoms with Crippen LogP contribution in [0.5, 0.6) is 5.75 Å². The van der Waals surface area contributed by atoms with Crippen molar-refractivity contribution in [1.29, 1.82) is 5.26 Å². The molecule has 4 aromatic rings. The second-order valence-corrected chi connectivity index (χ2v) is 8.69. The van der Waals surface area contributed by atoms with Gasteiger partial charge in [0.1, 0.15) is 10.4 Å². The molecule has 0 aliphatic carbocycles. The van der Waals surface area contributed by atoms with Crippen LogP contribution in [0.15, 0.2) is 64.5 Å². The summed E-state index contributed by atoms with van der Waals surface area (Å²) in [5.41, 5.74) is 1.79. The van der Waals surface area contributed by atoms with Gasteiger partial charge < -0.3 is 4.74 Å². The van der Waals surface area contributed by atoms with E-state index in [9.17, 15) is 4.79 Å². The van der Waals surface area contributed by atoms with Crippen molar-refractivity contribution in [1.82, 2.24) is 14.1 Å². The number of hydrogen-bond donors (Lipinski definition) is 0. The lowest BCUT2D eigenvalue weighted by atomic mass is 10.3. The summed E-state index contributed by atoms with van der Waals surface area (Å²) < 4.78 is 9.84. The molecule has 0 unspecified atom stereocenters.